The summed E-state index contributed by atoms with van der Waals surface area (Å²) in [6.07, 6.45) is 0. The van der Waals surface area contributed by atoms with E-state index in [2.05, 4.69) is 103 Å². The Bertz CT molecular complexity index is 1560. The minimum atomic E-state index is 0.0516. The van der Waals surface area contributed by atoms with Gasteiger partial charge in [-0.25, -0.2) is 0 Å². The molecule has 5 nitrogen and oxygen atoms in total. The molecule has 1 saturated heterocycles. The molecule has 1 N–H and O–H groups in total. The Kier molecular flexibility index (Phi) is 8.88. The number of amides is 1. The first-order chi connectivity index (χ1) is 19.5. The number of halogens is 1. The molecule has 1 fully saturated rings. The molecule has 0 bridgehead atoms. The molecule has 5 rings (SSSR count). The number of hydrogen-bond donors (Lipinski definition) is 1. The molecule has 216 valence electrons. The van der Waals surface area contributed by atoms with Crippen LogP contribution in [0.4, 0.5) is 0 Å². The molecule has 0 atom stereocenters. The van der Waals surface area contributed by atoms with E-state index in [1.165, 1.54) is 32.7 Å². The van der Waals surface area contributed by atoms with Crippen LogP contribution in [0.1, 0.15) is 57.7 Å². The molecular weight excluding hydrogens is 594 g/mol. The highest BCUT2D eigenvalue weighted by atomic mass is 79.9. The number of phenols is 1. The maximum atomic E-state index is 14.4. The van der Waals surface area contributed by atoms with Gasteiger partial charge in [-0.1, -0.05) is 47.5 Å². The summed E-state index contributed by atoms with van der Waals surface area (Å²) in [5.74, 6) is 0.847. The van der Waals surface area contributed by atoms with Gasteiger partial charge in [0.05, 0.1) is 15.6 Å². The number of fused-ring (bicyclic) bond motifs is 1. The summed E-state index contributed by atoms with van der Waals surface area (Å²) in [6, 6.07) is 17.2. The molecule has 1 aliphatic rings. The summed E-state index contributed by atoms with van der Waals surface area (Å²) in [6.45, 7) is 16.8. The number of nitrogens with zero attached hydrogens (tertiary/aromatic N) is 3. The fourth-order valence-corrected chi connectivity index (χ4v) is 7.48. The maximum absolute atomic E-state index is 14.4. The van der Waals surface area contributed by atoms with Gasteiger partial charge in [0.1, 0.15) is 5.75 Å². The van der Waals surface area contributed by atoms with Crippen molar-refractivity contribution in [1.29, 1.82) is 0 Å². The van der Waals surface area contributed by atoms with Crippen LogP contribution in [0.15, 0.2) is 57.9 Å². The molecular formula is C34H40BrN3O2S. The minimum Gasteiger partial charge on any atom is -0.507 e. The second kappa shape index (κ2) is 12.2. The van der Waals surface area contributed by atoms with Gasteiger partial charge in [-0.2, -0.15) is 0 Å². The van der Waals surface area contributed by atoms with E-state index in [4.69, 9.17) is 0 Å². The van der Waals surface area contributed by atoms with Crippen LogP contribution in [0.25, 0.3) is 10.9 Å². The summed E-state index contributed by atoms with van der Waals surface area (Å²) in [7, 11) is 0. The monoisotopic (exact) mass is 633 g/mol. The van der Waals surface area contributed by atoms with Gasteiger partial charge < -0.3 is 14.6 Å². The Balaban J connectivity index is 1.64. The number of carbonyl (C=O) groups is 1. The molecule has 0 saturated carbocycles. The quantitative estimate of drug-likeness (QED) is 0.211. The van der Waals surface area contributed by atoms with Crippen molar-refractivity contribution in [3.63, 3.8) is 0 Å². The zero-order valence-electron chi connectivity index (χ0n) is 24.9. The lowest BCUT2D eigenvalue weighted by molar-refractivity contribution is 0.0596. The van der Waals surface area contributed by atoms with E-state index >= 15 is 0 Å². The van der Waals surface area contributed by atoms with Gasteiger partial charge in [-0.05, 0) is 86.3 Å². The number of aryl methyl sites for hydroxylation is 4. The topological polar surface area (TPSA) is 48.7 Å². The van der Waals surface area contributed by atoms with E-state index in [1.807, 2.05) is 11.0 Å². The third-order valence-corrected chi connectivity index (χ3v) is 10.2. The first kappa shape index (κ1) is 29.7. The largest absolute Gasteiger partial charge is 0.507 e. The lowest BCUT2D eigenvalue weighted by atomic mass is 10.1. The SMILES string of the molecule is Cc1ccc(Cn2c(CSc3c(C)cc(C)cc3C)c(C(=O)N3CCN(C(C)C)CC3)c3cc(O)c(Br)cc32)cc1. The molecule has 4 aromatic rings. The van der Waals surface area contributed by atoms with Crippen molar-refractivity contribution < 1.29 is 9.90 Å². The van der Waals surface area contributed by atoms with Crippen molar-refractivity contribution >= 4 is 44.5 Å². The van der Waals surface area contributed by atoms with Gasteiger partial charge in [0.2, 0.25) is 0 Å². The molecule has 0 aliphatic carbocycles. The highest BCUT2D eigenvalue weighted by molar-refractivity contribution is 9.10. The molecule has 41 heavy (non-hydrogen) atoms. The minimum absolute atomic E-state index is 0.0516. The number of carbonyl (C=O) groups excluding carboxylic acids is 1. The second-order valence-electron chi connectivity index (χ2n) is 11.7. The van der Waals surface area contributed by atoms with Gasteiger partial charge in [-0.3, -0.25) is 9.69 Å². The fourth-order valence-electron chi connectivity index (χ4n) is 5.99. The fraction of sp³-hybridized carbons (Fsp3) is 0.382. The smallest absolute Gasteiger partial charge is 0.256 e. The maximum Gasteiger partial charge on any atom is 0.256 e. The number of piperazine rings is 1. The molecule has 2 heterocycles. The second-order valence-corrected chi connectivity index (χ2v) is 13.5. The summed E-state index contributed by atoms with van der Waals surface area (Å²) in [5, 5.41) is 11.6. The normalized spacial score (nSPS) is 14.4. The van der Waals surface area contributed by atoms with Crippen molar-refractivity contribution in [2.45, 2.75) is 64.8 Å². The molecule has 1 aliphatic heterocycles. The Morgan fingerprint density at radius 1 is 0.927 bits per heavy atom. The lowest BCUT2D eigenvalue weighted by Gasteiger charge is -2.37. The highest BCUT2D eigenvalue weighted by Crippen LogP contribution is 2.39. The van der Waals surface area contributed by atoms with Crippen LogP contribution in [0.5, 0.6) is 5.75 Å². The highest BCUT2D eigenvalue weighted by Gasteiger charge is 2.30. The molecule has 0 spiro atoms. The zero-order chi connectivity index (χ0) is 29.4. The average molecular weight is 635 g/mol. The van der Waals surface area contributed by atoms with Crippen molar-refractivity contribution in [3.05, 3.63) is 92.1 Å². The molecule has 0 unspecified atom stereocenters. The molecule has 0 radical (unpaired) electrons. The Hall–Kier alpha value is -2.74. The summed E-state index contributed by atoms with van der Waals surface area (Å²) in [4.78, 5) is 20.1. The van der Waals surface area contributed by atoms with Crippen LogP contribution in [-0.4, -0.2) is 57.6 Å². The van der Waals surface area contributed by atoms with Gasteiger partial charge in [-0.15, -0.1) is 11.8 Å². The molecule has 1 amide bonds. The van der Waals surface area contributed by atoms with Crippen molar-refractivity contribution in [2.24, 2.45) is 0 Å². The van der Waals surface area contributed by atoms with Crippen molar-refractivity contribution in [3.8, 4) is 5.75 Å². The summed E-state index contributed by atoms with van der Waals surface area (Å²) < 4.78 is 2.91. The zero-order valence-corrected chi connectivity index (χ0v) is 27.3. The van der Waals surface area contributed by atoms with Gasteiger partial charge in [0, 0.05) is 60.5 Å². The number of aromatic hydroxyl groups is 1. The van der Waals surface area contributed by atoms with Crippen LogP contribution >= 0.6 is 27.7 Å². The number of hydrogen-bond acceptors (Lipinski definition) is 4. The van der Waals surface area contributed by atoms with Gasteiger partial charge in [0.25, 0.3) is 5.91 Å². The van der Waals surface area contributed by atoms with E-state index in [0.29, 0.717) is 41.5 Å². The van der Waals surface area contributed by atoms with E-state index in [-0.39, 0.29) is 11.7 Å². The van der Waals surface area contributed by atoms with Crippen LogP contribution in [0.2, 0.25) is 0 Å². The molecule has 3 aromatic carbocycles. The standard InChI is InChI=1S/C34H40BrN3O2S/c1-21(2)36-11-13-37(14-12-36)34(40)32-27-17-31(39)28(35)18-29(27)38(19-26-9-7-22(3)8-10-26)30(32)20-41-33-24(5)15-23(4)16-25(33)6/h7-10,15-18,21,39H,11-14,19-20H2,1-6H3. The van der Waals surface area contributed by atoms with Crippen LogP contribution < -0.4 is 0 Å². The number of phenolic OH excluding ortho intramolecular Hbond substituents is 1. The van der Waals surface area contributed by atoms with Crippen molar-refractivity contribution in [2.75, 3.05) is 26.2 Å². The number of thioether (sulfide) groups is 1. The summed E-state index contributed by atoms with van der Waals surface area (Å²) in [5.41, 5.74) is 8.83. The van der Waals surface area contributed by atoms with Gasteiger partial charge in [0.15, 0.2) is 0 Å². The predicted molar refractivity (Wildman–Crippen MR) is 174 cm³/mol. The van der Waals surface area contributed by atoms with Gasteiger partial charge >= 0.3 is 0 Å². The predicted octanol–water partition coefficient (Wildman–Crippen LogP) is 7.85. The first-order valence-corrected chi connectivity index (χ1v) is 16.1. The van der Waals surface area contributed by atoms with Crippen molar-refractivity contribution in [1.82, 2.24) is 14.4 Å². The average Bonchev–Trinajstić information content (AvgIpc) is 3.20. The number of aromatic nitrogens is 1. The number of rotatable bonds is 7. The van der Waals surface area contributed by atoms with Crippen LogP contribution in [0.3, 0.4) is 0 Å². The Morgan fingerprint density at radius 3 is 2.17 bits per heavy atom. The summed E-state index contributed by atoms with van der Waals surface area (Å²) >= 11 is 5.34. The van der Waals surface area contributed by atoms with Crippen LogP contribution in [-0.2, 0) is 12.3 Å². The Labute approximate surface area is 256 Å². The van der Waals surface area contributed by atoms with E-state index < -0.39 is 0 Å². The third-order valence-electron chi connectivity index (χ3n) is 8.20. The number of benzene rings is 3. The van der Waals surface area contributed by atoms with E-state index in [1.54, 1.807) is 17.8 Å². The lowest BCUT2D eigenvalue weighted by Crippen LogP contribution is -2.50. The molecule has 7 heteroatoms. The van der Waals surface area contributed by atoms with E-state index in [0.717, 1.165) is 29.7 Å². The molecule has 1 aromatic heterocycles. The van der Waals surface area contributed by atoms with Crippen LogP contribution in [0, 0.1) is 27.7 Å². The Morgan fingerprint density at radius 2 is 1.56 bits per heavy atom. The first-order valence-electron chi connectivity index (χ1n) is 14.4. The third kappa shape index (κ3) is 6.23. The van der Waals surface area contributed by atoms with E-state index in [9.17, 15) is 9.90 Å².